The number of nitrogens with two attached hydrogens (primary N) is 1. The van der Waals surface area contributed by atoms with Crippen LogP contribution in [0, 0.1) is 0 Å². The van der Waals surface area contributed by atoms with Crippen LogP contribution in [0.4, 0.5) is 0 Å². The van der Waals surface area contributed by atoms with E-state index in [1.807, 2.05) is 0 Å². The standard InChI is InChI=1S/C10H20N2OS/c11-9-4-6-12(8-9)5-1-7-14(13)10-2-3-10/h9-10H,1-8,11H2. The van der Waals surface area contributed by atoms with Gasteiger partial charge in [0.2, 0.25) is 0 Å². The van der Waals surface area contributed by atoms with Gasteiger partial charge in [0.05, 0.1) is 0 Å². The van der Waals surface area contributed by atoms with Crippen molar-refractivity contribution in [3.63, 3.8) is 0 Å². The number of rotatable bonds is 5. The summed E-state index contributed by atoms with van der Waals surface area (Å²) in [6.45, 7) is 3.26. The van der Waals surface area contributed by atoms with Crippen molar-refractivity contribution in [2.75, 3.05) is 25.4 Å². The third kappa shape index (κ3) is 3.04. The molecule has 0 aromatic rings. The zero-order valence-corrected chi connectivity index (χ0v) is 9.47. The lowest BCUT2D eigenvalue weighted by atomic mass is 10.3. The van der Waals surface area contributed by atoms with E-state index in [1.54, 1.807) is 0 Å². The highest BCUT2D eigenvalue weighted by molar-refractivity contribution is 7.85. The fourth-order valence-electron chi connectivity index (χ4n) is 1.99. The van der Waals surface area contributed by atoms with Crippen molar-refractivity contribution in [1.82, 2.24) is 4.90 Å². The number of nitrogens with zero attached hydrogens (tertiary/aromatic N) is 1. The molecule has 2 fully saturated rings. The van der Waals surface area contributed by atoms with Crippen LogP contribution < -0.4 is 5.73 Å². The maximum Gasteiger partial charge on any atom is 0.0348 e. The Morgan fingerprint density at radius 3 is 2.71 bits per heavy atom. The van der Waals surface area contributed by atoms with E-state index in [-0.39, 0.29) is 0 Å². The molecule has 14 heavy (non-hydrogen) atoms. The second kappa shape index (κ2) is 4.73. The lowest BCUT2D eigenvalue weighted by Gasteiger charge is -2.14. The SMILES string of the molecule is NC1CCN(CCCS(=O)C2CC2)C1. The Kier molecular flexibility index (Phi) is 3.57. The Balaban J connectivity index is 1.56. The van der Waals surface area contributed by atoms with Gasteiger partial charge in [-0.25, -0.2) is 0 Å². The first-order valence-corrected chi connectivity index (χ1v) is 6.99. The first-order chi connectivity index (χ1) is 6.75. The summed E-state index contributed by atoms with van der Waals surface area (Å²) in [6, 6.07) is 0.379. The average molecular weight is 216 g/mol. The van der Waals surface area contributed by atoms with E-state index in [1.165, 1.54) is 12.8 Å². The van der Waals surface area contributed by atoms with E-state index in [2.05, 4.69) is 4.90 Å². The number of likely N-dealkylation sites (tertiary alicyclic amines) is 1. The van der Waals surface area contributed by atoms with Crippen molar-refractivity contribution in [3.05, 3.63) is 0 Å². The highest BCUT2D eigenvalue weighted by Crippen LogP contribution is 2.26. The zero-order valence-electron chi connectivity index (χ0n) is 8.65. The van der Waals surface area contributed by atoms with Crippen LogP contribution in [-0.2, 0) is 10.8 Å². The van der Waals surface area contributed by atoms with Crippen LogP contribution in [0.5, 0.6) is 0 Å². The second-order valence-corrected chi connectivity index (χ2v) is 6.32. The van der Waals surface area contributed by atoms with Gasteiger partial charge in [-0.05, 0) is 38.8 Å². The highest BCUT2D eigenvalue weighted by atomic mass is 32.2. The van der Waals surface area contributed by atoms with Crippen LogP contribution in [0.15, 0.2) is 0 Å². The van der Waals surface area contributed by atoms with Crippen LogP contribution in [0.1, 0.15) is 25.7 Å². The van der Waals surface area contributed by atoms with Crippen LogP contribution in [0.25, 0.3) is 0 Å². The molecule has 0 aromatic heterocycles. The first-order valence-electron chi connectivity index (χ1n) is 5.61. The Morgan fingerprint density at radius 2 is 2.14 bits per heavy atom. The Bertz CT molecular complexity index is 218. The largest absolute Gasteiger partial charge is 0.326 e. The summed E-state index contributed by atoms with van der Waals surface area (Å²) in [5.74, 6) is 0.899. The summed E-state index contributed by atoms with van der Waals surface area (Å²) in [4.78, 5) is 2.40. The van der Waals surface area contributed by atoms with E-state index in [0.29, 0.717) is 11.3 Å². The van der Waals surface area contributed by atoms with Gasteiger partial charge in [-0.15, -0.1) is 0 Å². The molecule has 1 aliphatic heterocycles. The molecular formula is C10H20N2OS. The highest BCUT2D eigenvalue weighted by Gasteiger charge is 2.27. The predicted molar refractivity (Wildman–Crippen MR) is 59.7 cm³/mol. The molecule has 2 N–H and O–H groups in total. The van der Waals surface area contributed by atoms with Crippen molar-refractivity contribution < 1.29 is 4.21 Å². The Morgan fingerprint density at radius 1 is 1.36 bits per heavy atom. The number of hydrogen-bond acceptors (Lipinski definition) is 3. The van der Waals surface area contributed by atoms with Crippen molar-refractivity contribution in [3.8, 4) is 0 Å². The third-order valence-electron chi connectivity index (χ3n) is 3.02. The lowest BCUT2D eigenvalue weighted by molar-refractivity contribution is 0.336. The van der Waals surface area contributed by atoms with Gasteiger partial charge < -0.3 is 10.6 Å². The smallest absolute Gasteiger partial charge is 0.0348 e. The molecule has 1 saturated carbocycles. The summed E-state index contributed by atoms with van der Waals surface area (Å²) in [5.41, 5.74) is 5.81. The van der Waals surface area contributed by atoms with Gasteiger partial charge in [-0.3, -0.25) is 4.21 Å². The third-order valence-corrected chi connectivity index (χ3v) is 4.93. The zero-order chi connectivity index (χ0) is 9.97. The maximum absolute atomic E-state index is 11.5. The monoisotopic (exact) mass is 216 g/mol. The molecule has 0 radical (unpaired) electrons. The minimum atomic E-state index is -0.527. The number of hydrogen-bond donors (Lipinski definition) is 1. The molecule has 0 bridgehead atoms. The molecule has 1 saturated heterocycles. The van der Waals surface area contributed by atoms with Crippen LogP contribution in [0.2, 0.25) is 0 Å². The molecule has 2 atom stereocenters. The van der Waals surface area contributed by atoms with Crippen molar-refractivity contribution in [2.45, 2.75) is 37.0 Å². The topological polar surface area (TPSA) is 46.3 Å². The van der Waals surface area contributed by atoms with E-state index in [0.717, 1.165) is 38.2 Å². The molecule has 1 aliphatic carbocycles. The van der Waals surface area contributed by atoms with Gasteiger partial charge >= 0.3 is 0 Å². The van der Waals surface area contributed by atoms with E-state index in [9.17, 15) is 4.21 Å². The fourth-order valence-corrected chi connectivity index (χ4v) is 3.40. The van der Waals surface area contributed by atoms with Crippen molar-refractivity contribution >= 4 is 10.8 Å². The minimum Gasteiger partial charge on any atom is -0.326 e. The van der Waals surface area contributed by atoms with E-state index >= 15 is 0 Å². The molecule has 0 spiro atoms. The molecule has 82 valence electrons. The molecule has 4 heteroatoms. The molecule has 2 aliphatic rings. The van der Waals surface area contributed by atoms with Gasteiger partial charge in [0.25, 0.3) is 0 Å². The molecular weight excluding hydrogens is 196 g/mol. The van der Waals surface area contributed by atoms with Crippen molar-refractivity contribution in [2.24, 2.45) is 5.73 Å². The maximum atomic E-state index is 11.5. The van der Waals surface area contributed by atoms with Crippen LogP contribution in [-0.4, -0.2) is 45.8 Å². The summed E-state index contributed by atoms with van der Waals surface area (Å²) in [5, 5.41) is 0.552. The molecule has 2 rings (SSSR count). The van der Waals surface area contributed by atoms with Gasteiger partial charge in [-0.2, -0.15) is 0 Å². The summed E-state index contributed by atoms with van der Waals surface area (Å²) in [7, 11) is -0.527. The van der Waals surface area contributed by atoms with E-state index < -0.39 is 10.8 Å². The normalized spacial score (nSPS) is 30.8. The lowest BCUT2D eigenvalue weighted by Crippen LogP contribution is -2.28. The van der Waals surface area contributed by atoms with Crippen molar-refractivity contribution in [1.29, 1.82) is 0 Å². The summed E-state index contributed by atoms with van der Waals surface area (Å²) >= 11 is 0. The molecule has 0 aromatic carbocycles. The summed E-state index contributed by atoms with van der Waals surface area (Å²) < 4.78 is 11.5. The predicted octanol–water partition coefficient (Wildman–Crippen LogP) is 0.321. The fraction of sp³-hybridized carbons (Fsp3) is 1.00. The molecule has 2 unspecified atom stereocenters. The summed E-state index contributed by atoms with van der Waals surface area (Å²) in [6.07, 6.45) is 4.60. The first kappa shape index (κ1) is 10.6. The Hall–Kier alpha value is 0.0700. The van der Waals surface area contributed by atoms with Gasteiger partial charge in [0.1, 0.15) is 0 Å². The average Bonchev–Trinajstić information content (AvgIpc) is 2.92. The minimum absolute atomic E-state index is 0.379. The second-order valence-electron chi connectivity index (χ2n) is 4.49. The molecule has 1 heterocycles. The van der Waals surface area contributed by atoms with Gasteiger partial charge in [0, 0.05) is 34.4 Å². The Labute approximate surface area is 88.5 Å². The molecule has 0 amide bonds. The molecule has 3 nitrogen and oxygen atoms in total. The quantitative estimate of drug-likeness (QED) is 0.720. The van der Waals surface area contributed by atoms with Crippen LogP contribution in [0.3, 0.4) is 0 Å². The van der Waals surface area contributed by atoms with Gasteiger partial charge in [0.15, 0.2) is 0 Å². The van der Waals surface area contributed by atoms with Crippen LogP contribution >= 0.6 is 0 Å². The van der Waals surface area contributed by atoms with Gasteiger partial charge in [-0.1, -0.05) is 0 Å². The van der Waals surface area contributed by atoms with E-state index in [4.69, 9.17) is 5.73 Å².